The van der Waals surface area contributed by atoms with Crippen molar-refractivity contribution < 1.29 is 9.47 Å². The van der Waals surface area contributed by atoms with Crippen LogP contribution in [0.25, 0.3) is 0 Å². The van der Waals surface area contributed by atoms with Crippen LogP contribution in [0.1, 0.15) is 37.8 Å². The van der Waals surface area contributed by atoms with Gasteiger partial charge >= 0.3 is 0 Å². The monoisotopic (exact) mass is 355 g/mol. The molecule has 2 atom stereocenters. The molecule has 1 aromatic carbocycles. The molecule has 3 nitrogen and oxygen atoms in total. The van der Waals surface area contributed by atoms with Crippen LogP contribution in [0.2, 0.25) is 0 Å². The molecule has 1 aliphatic rings. The molecule has 1 N–H and O–H groups in total. The summed E-state index contributed by atoms with van der Waals surface area (Å²) in [5.41, 5.74) is 2.60. The van der Waals surface area contributed by atoms with E-state index in [4.69, 9.17) is 9.47 Å². The SMILES string of the molecule is CCCC(OC)C(Cc1cc(Br)cc2c1OCC2)NCC. The molecule has 0 spiro atoms. The van der Waals surface area contributed by atoms with Gasteiger partial charge in [0, 0.05) is 24.0 Å². The van der Waals surface area contributed by atoms with Crippen molar-refractivity contribution in [3.05, 3.63) is 27.7 Å². The Morgan fingerprint density at radius 3 is 2.86 bits per heavy atom. The van der Waals surface area contributed by atoms with Crippen LogP contribution in [-0.2, 0) is 17.6 Å². The number of hydrogen-bond acceptors (Lipinski definition) is 3. The second-order valence-corrected chi connectivity index (χ2v) is 6.50. The molecular weight excluding hydrogens is 330 g/mol. The largest absolute Gasteiger partial charge is 0.493 e. The number of ether oxygens (including phenoxy) is 2. The maximum absolute atomic E-state index is 5.85. The summed E-state index contributed by atoms with van der Waals surface area (Å²) in [6, 6.07) is 4.68. The predicted octanol–water partition coefficient (Wildman–Crippen LogP) is 3.72. The molecule has 0 saturated carbocycles. The van der Waals surface area contributed by atoms with E-state index in [0.29, 0.717) is 6.04 Å². The van der Waals surface area contributed by atoms with Crippen molar-refractivity contribution in [1.82, 2.24) is 5.32 Å². The summed E-state index contributed by atoms with van der Waals surface area (Å²) >= 11 is 3.62. The summed E-state index contributed by atoms with van der Waals surface area (Å²) in [5.74, 6) is 1.09. The molecule has 4 heteroatoms. The number of halogens is 1. The standard InChI is InChI=1S/C17H26BrNO2/c1-4-6-16(20-3)15(19-5-2)11-13-10-14(18)9-12-7-8-21-17(12)13/h9-10,15-16,19H,4-8,11H2,1-3H3. The Kier molecular flexibility index (Phi) is 6.52. The van der Waals surface area contributed by atoms with Crippen LogP contribution in [0, 0.1) is 0 Å². The molecule has 0 radical (unpaired) electrons. The van der Waals surface area contributed by atoms with E-state index in [9.17, 15) is 0 Å². The first-order valence-corrected chi connectivity index (χ1v) is 8.69. The van der Waals surface area contributed by atoms with Crippen LogP contribution in [-0.4, -0.2) is 32.4 Å². The Balaban J connectivity index is 2.20. The van der Waals surface area contributed by atoms with Gasteiger partial charge in [-0.05, 0) is 42.6 Å². The van der Waals surface area contributed by atoms with Crippen LogP contribution in [0.4, 0.5) is 0 Å². The lowest BCUT2D eigenvalue weighted by atomic mass is 9.96. The number of hydrogen-bond donors (Lipinski definition) is 1. The molecule has 0 fully saturated rings. The first kappa shape index (κ1) is 16.8. The Morgan fingerprint density at radius 1 is 1.38 bits per heavy atom. The van der Waals surface area contributed by atoms with Crippen molar-refractivity contribution >= 4 is 15.9 Å². The van der Waals surface area contributed by atoms with Gasteiger partial charge in [0.25, 0.3) is 0 Å². The van der Waals surface area contributed by atoms with Crippen LogP contribution in [0.15, 0.2) is 16.6 Å². The molecule has 21 heavy (non-hydrogen) atoms. The Hall–Kier alpha value is -0.580. The lowest BCUT2D eigenvalue weighted by molar-refractivity contribution is 0.0612. The van der Waals surface area contributed by atoms with E-state index in [1.165, 1.54) is 11.1 Å². The fourth-order valence-corrected chi connectivity index (χ4v) is 3.65. The van der Waals surface area contributed by atoms with Gasteiger partial charge in [0.2, 0.25) is 0 Å². The number of nitrogens with one attached hydrogen (secondary N) is 1. The summed E-state index contributed by atoms with van der Waals surface area (Å²) in [4.78, 5) is 0. The van der Waals surface area contributed by atoms with E-state index in [0.717, 1.165) is 49.1 Å². The zero-order chi connectivity index (χ0) is 15.2. The molecule has 1 aromatic rings. The minimum atomic E-state index is 0.242. The quantitative estimate of drug-likeness (QED) is 0.770. The molecular formula is C17H26BrNO2. The molecule has 2 rings (SSSR count). The highest BCUT2D eigenvalue weighted by atomic mass is 79.9. The first-order chi connectivity index (χ1) is 10.2. The summed E-state index contributed by atoms with van der Waals surface area (Å²) in [7, 11) is 1.81. The number of methoxy groups -OCH3 is 1. The van der Waals surface area contributed by atoms with Crippen molar-refractivity contribution in [3.63, 3.8) is 0 Å². The van der Waals surface area contributed by atoms with Gasteiger partial charge in [0.1, 0.15) is 5.75 Å². The van der Waals surface area contributed by atoms with Crippen molar-refractivity contribution in [2.24, 2.45) is 0 Å². The van der Waals surface area contributed by atoms with E-state index < -0.39 is 0 Å². The summed E-state index contributed by atoms with van der Waals surface area (Å²) in [6.45, 7) is 6.10. The molecule has 0 aliphatic carbocycles. The normalized spacial score (nSPS) is 16.4. The zero-order valence-electron chi connectivity index (χ0n) is 13.2. The van der Waals surface area contributed by atoms with Crippen molar-refractivity contribution in [2.45, 2.75) is 51.7 Å². The lowest BCUT2D eigenvalue weighted by Crippen LogP contribution is -2.42. The van der Waals surface area contributed by atoms with Gasteiger partial charge in [0.15, 0.2) is 0 Å². The summed E-state index contributed by atoms with van der Waals surface area (Å²) in [5, 5.41) is 3.58. The van der Waals surface area contributed by atoms with Crippen LogP contribution in [0.3, 0.4) is 0 Å². The Bertz CT molecular complexity index is 464. The Labute approximate surface area is 136 Å². The number of benzene rings is 1. The highest BCUT2D eigenvalue weighted by molar-refractivity contribution is 9.10. The number of rotatable bonds is 8. The lowest BCUT2D eigenvalue weighted by Gasteiger charge is -2.27. The van der Waals surface area contributed by atoms with Crippen molar-refractivity contribution in [1.29, 1.82) is 0 Å². The molecule has 0 aromatic heterocycles. The van der Waals surface area contributed by atoms with Gasteiger partial charge in [-0.1, -0.05) is 36.2 Å². The molecule has 1 aliphatic heterocycles. The predicted molar refractivity (Wildman–Crippen MR) is 90.2 cm³/mol. The van der Waals surface area contributed by atoms with E-state index >= 15 is 0 Å². The molecule has 1 heterocycles. The van der Waals surface area contributed by atoms with Crippen LogP contribution in [0.5, 0.6) is 5.75 Å². The summed E-state index contributed by atoms with van der Waals surface area (Å²) < 4.78 is 12.7. The molecule has 118 valence electrons. The number of likely N-dealkylation sites (N-methyl/N-ethyl adjacent to an activating group) is 1. The van der Waals surface area contributed by atoms with Gasteiger partial charge in [-0.15, -0.1) is 0 Å². The minimum Gasteiger partial charge on any atom is -0.493 e. The van der Waals surface area contributed by atoms with Gasteiger partial charge in [-0.3, -0.25) is 0 Å². The topological polar surface area (TPSA) is 30.5 Å². The van der Waals surface area contributed by atoms with E-state index in [1.807, 2.05) is 7.11 Å². The van der Waals surface area contributed by atoms with Crippen molar-refractivity contribution in [3.8, 4) is 5.75 Å². The van der Waals surface area contributed by atoms with Gasteiger partial charge in [-0.25, -0.2) is 0 Å². The average Bonchev–Trinajstić information content (AvgIpc) is 2.92. The van der Waals surface area contributed by atoms with Crippen LogP contribution < -0.4 is 10.1 Å². The molecule has 2 unspecified atom stereocenters. The highest BCUT2D eigenvalue weighted by Crippen LogP contribution is 2.34. The van der Waals surface area contributed by atoms with E-state index in [2.05, 4.69) is 47.2 Å². The zero-order valence-corrected chi connectivity index (χ0v) is 14.8. The van der Waals surface area contributed by atoms with Gasteiger partial charge in [0.05, 0.1) is 12.7 Å². The second-order valence-electron chi connectivity index (χ2n) is 5.58. The fourth-order valence-electron chi connectivity index (χ4n) is 3.10. The van der Waals surface area contributed by atoms with Gasteiger partial charge < -0.3 is 14.8 Å². The molecule has 0 saturated heterocycles. The third-order valence-electron chi connectivity index (χ3n) is 4.06. The maximum atomic E-state index is 5.85. The minimum absolute atomic E-state index is 0.242. The maximum Gasteiger partial charge on any atom is 0.125 e. The van der Waals surface area contributed by atoms with Crippen LogP contribution >= 0.6 is 15.9 Å². The van der Waals surface area contributed by atoms with Crippen molar-refractivity contribution in [2.75, 3.05) is 20.3 Å². The Morgan fingerprint density at radius 2 is 2.19 bits per heavy atom. The first-order valence-electron chi connectivity index (χ1n) is 7.89. The molecule has 0 bridgehead atoms. The number of fused-ring (bicyclic) bond motifs is 1. The second kappa shape index (κ2) is 8.16. The third kappa shape index (κ3) is 4.21. The molecule has 0 amide bonds. The average molecular weight is 356 g/mol. The van der Waals surface area contributed by atoms with E-state index in [1.54, 1.807) is 0 Å². The summed E-state index contributed by atoms with van der Waals surface area (Å²) in [6.07, 6.45) is 4.40. The fraction of sp³-hybridized carbons (Fsp3) is 0.647. The highest BCUT2D eigenvalue weighted by Gasteiger charge is 2.24. The third-order valence-corrected chi connectivity index (χ3v) is 4.51. The van der Waals surface area contributed by atoms with E-state index in [-0.39, 0.29) is 6.10 Å². The van der Waals surface area contributed by atoms with Gasteiger partial charge in [-0.2, -0.15) is 0 Å². The smallest absolute Gasteiger partial charge is 0.125 e.